The molecule has 2 saturated heterocycles. The zero-order chi connectivity index (χ0) is 33.3. The van der Waals surface area contributed by atoms with Gasteiger partial charge in [0.25, 0.3) is 0 Å². The van der Waals surface area contributed by atoms with Gasteiger partial charge in [0.2, 0.25) is 5.78 Å². The lowest BCUT2D eigenvalue weighted by molar-refractivity contribution is -0.141. The van der Waals surface area contributed by atoms with E-state index in [9.17, 15) is 17.6 Å². The maximum atomic E-state index is 15.9. The summed E-state index contributed by atoms with van der Waals surface area (Å²) in [4.78, 5) is 23.7. The third kappa shape index (κ3) is 6.55. The number of rotatable bonds is 11. The van der Waals surface area contributed by atoms with Crippen molar-refractivity contribution in [3.05, 3.63) is 71.8 Å². The van der Waals surface area contributed by atoms with Crippen LogP contribution in [0.25, 0.3) is 22.2 Å². The minimum absolute atomic E-state index is 0.0315. The van der Waals surface area contributed by atoms with Crippen molar-refractivity contribution in [3.63, 3.8) is 0 Å². The Hall–Kier alpha value is -4.11. The molecule has 2 N–H and O–H groups in total. The maximum absolute atomic E-state index is 15.9. The number of halogens is 2. The molecule has 0 saturated carbocycles. The topological polar surface area (TPSA) is 126 Å². The summed E-state index contributed by atoms with van der Waals surface area (Å²) in [5, 5.41) is 0.461. The first-order chi connectivity index (χ1) is 22.6. The molecule has 0 radical (unpaired) electrons. The van der Waals surface area contributed by atoms with E-state index in [2.05, 4.69) is 31.7 Å². The number of fused-ring (bicyclic) bond motifs is 1. The molecule has 0 spiro atoms. The third-order valence-corrected chi connectivity index (χ3v) is 10.4. The summed E-state index contributed by atoms with van der Waals surface area (Å²) in [6.07, 6.45) is 3.61. The van der Waals surface area contributed by atoms with E-state index in [1.165, 1.54) is 25.4 Å². The summed E-state index contributed by atoms with van der Waals surface area (Å²) >= 11 is 0. The predicted molar refractivity (Wildman–Crippen MR) is 174 cm³/mol. The number of carbonyl (C=O) groups is 1. The van der Waals surface area contributed by atoms with E-state index < -0.39 is 39.2 Å². The molecule has 2 aromatic heterocycles. The molecule has 0 bridgehead atoms. The minimum atomic E-state index is -4.25. The second kappa shape index (κ2) is 13.6. The third-order valence-electron chi connectivity index (χ3n) is 8.95. The van der Waals surface area contributed by atoms with Crippen LogP contribution in [0.3, 0.4) is 0 Å². The number of carbonyl (C=O) groups excluding carboxylic acids is 1. The van der Waals surface area contributed by atoms with Gasteiger partial charge in [-0.05, 0) is 55.2 Å². The van der Waals surface area contributed by atoms with Crippen LogP contribution in [0.5, 0.6) is 5.75 Å². The first-order valence-electron chi connectivity index (χ1n) is 15.3. The second-order valence-electron chi connectivity index (χ2n) is 11.7. The number of anilines is 2. The van der Waals surface area contributed by atoms with Crippen LogP contribution in [0, 0.1) is 11.7 Å². The van der Waals surface area contributed by atoms with Crippen LogP contribution in [0.2, 0.25) is 0 Å². The van der Waals surface area contributed by atoms with Crippen molar-refractivity contribution in [2.24, 2.45) is 5.92 Å². The van der Waals surface area contributed by atoms with E-state index >= 15 is 4.39 Å². The zero-order valence-electron chi connectivity index (χ0n) is 26.3. The number of alkyl halides is 1. The van der Waals surface area contributed by atoms with E-state index in [0.29, 0.717) is 17.0 Å². The molecule has 250 valence electrons. The highest BCUT2D eigenvalue weighted by molar-refractivity contribution is 7.90. The molecule has 2 aliphatic heterocycles. The summed E-state index contributed by atoms with van der Waals surface area (Å²) in [5.41, 5.74) is 2.40. The van der Waals surface area contributed by atoms with Gasteiger partial charge in [-0.2, -0.15) is 12.7 Å². The van der Waals surface area contributed by atoms with Crippen molar-refractivity contribution in [1.29, 1.82) is 0 Å². The highest BCUT2D eigenvalue weighted by Gasteiger charge is 2.33. The van der Waals surface area contributed by atoms with Crippen LogP contribution in [0.4, 0.5) is 20.2 Å². The van der Waals surface area contributed by atoms with E-state index in [0.717, 1.165) is 47.1 Å². The van der Waals surface area contributed by atoms with Crippen molar-refractivity contribution < 1.29 is 36.2 Å². The predicted octanol–water partition coefficient (Wildman–Crippen LogP) is 5.14. The number of hydrogen-bond donors (Lipinski definition) is 2. The highest BCUT2D eigenvalue weighted by Crippen LogP contribution is 2.34. The summed E-state index contributed by atoms with van der Waals surface area (Å²) in [5.74, 6) is -1.55. The molecule has 11 nitrogen and oxygen atoms in total. The molecular formula is C33H37F2N5O6S. The molecule has 2 fully saturated rings. The molecule has 47 heavy (non-hydrogen) atoms. The van der Waals surface area contributed by atoms with Gasteiger partial charge in [-0.3, -0.25) is 9.52 Å². The van der Waals surface area contributed by atoms with Gasteiger partial charge < -0.3 is 24.1 Å². The summed E-state index contributed by atoms with van der Waals surface area (Å²) in [7, 11) is 0.367. The largest absolute Gasteiger partial charge is 0.496 e. The maximum Gasteiger partial charge on any atom is 0.301 e. The Labute approximate surface area is 272 Å². The van der Waals surface area contributed by atoms with Gasteiger partial charge in [0, 0.05) is 80.9 Å². The Morgan fingerprint density at radius 2 is 1.74 bits per heavy atom. The van der Waals surface area contributed by atoms with Crippen LogP contribution in [0.15, 0.2) is 54.9 Å². The second-order valence-corrected chi connectivity index (χ2v) is 13.4. The molecule has 14 heteroatoms. The molecule has 1 atom stereocenters. The van der Waals surface area contributed by atoms with Crippen molar-refractivity contribution in [2.75, 3.05) is 57.1 Å². The highest BCUT2D eigenvalue weighted by atomic mass is 32.2. The zero-order valence-corrected chi connectivity index (χ0v) is 27.1. The molecule has 1 unspecified atom stereocenters. The Balaban J connectivity index is 1.24. The number of H-pyrrole nitrogens is 1. The fourth-order valence-electron chi connectivity index (χ4n) is 6.39. The lowest BCUT2D eigenvalue weighted by Crippen LogP contribution is -2.39. The fourth-order valence-corrected chi connectivity index (χ4v) is 7.66. The summed E-state index contributed by atoms with van der Waals surface area (Å²) < 4.78 is 74.5. The lowest BCUT2D eigenvalue weighted by atomic mass is 9.95. The van der Waals surface area contributed by atoms with Gasteiger partial charge in [0.15, 0.2) is 12.1 Å². The lowest BCUT2D eigenvalue weighted by Gasteiger charge is -2.36. The van der Waals surface area contributed by atoms with Crippen molar-refractivity contribution >= 4 is 38.4 Å². The number of ketones is 1. The van der Waals surface area contributed by atoms with Gasteiger partial charge in [0.1, 0.15) is 23.1 Å². The monoisotopic (exact) mass is 669 g/mol. The number of methoxy groups -OCH3 is 3. The number of piperidine rings is 1. The van der Waals surface area contributed by atoms with Gasteiger partial charge >= 0.3 is 10.2 Å². The standard InChI is InChI=1S/C33H37F2N5O6S/c1-44-28-9-8-27(38-47(42,43)40-15-12-23(34)19-40)30(35)29(28)31(41)26-18-37-32-25(26)16-22(17-36-32)20-4-6-24(7-5-20)39-13-10-21(11-14-39)33(45-2)46-3/h4-9,16-18,21,23,33,38H,10-15,19H2,1-3H3,(H,36,37). The van der Waals surface area contributed by atoms with Crippen LogP contribution in [-0.2, 0) is 19.7 Å². The molecule has 0 amide bonds. The Morgan fingerprint density at radius 1 is 1.02 bits per heavy atom. The fraction of sp³-hybridized carbons (Fsp3) is 0.394. The van der Waals surface area contributed by atoms with Gasteiger partial charge in [0.05, 0.1) is 12.8 Å². The minimum Gasteiger partial charge on any atom is -0.496 e. The van der Waals surface area contributed by atoms with E-state index in [-0.39, 0.29) is 37.1 Å². The Bertz CT molecular complexity index is 1860. The Morgan fingerprint density at radius 3 is 2.38 bits per heavy atom. The smallest absolute Gasteiger partial charge is 0.301 e. The average Bonchev–Trinajstić information content (AvgIpc) is 3.73. The van der Waals surface area contributed by atoms with Crippen LogP contribution in [0.1, 0.15) is 35.2 Å². The van der Waals surface area contributed by atoms with Crippen LogP contribution >= 0.6 is 0 Å². The van der Waals surface area contributed by atoms with Gasteiger partial charge in [-0.1, -0.05) is 12.1 Å². The summed E-state index contributed by atoms with van der Waals surface area (Å²) in [6, 6.07) is 12.4. The quantitative estimate of drug-likeness (QED) is 0.166. The van der Waals surface area contributed by atoms with Gasteiger partial charge in [-0.25, -0.2) is 13.8 Å². The van der Waals surface area contributed by atoms with E-state index in [1.807, 2.05) is 12.1 Å². The number of benzene rings is 2. The van der Waals surface area contributed by atoms with Crippen molar-refractivity contribution in [1.82, 2.24) is 14.3 Å². The first kappa shape index (κ1) is 32.8. The number of hydrogen-bond acceptors (Lipinski definition) is 8. The molecule has 4 aromatic rings. The SMILES string of the molecule is COc1ccc(NS(=O)(=O)N2CCC(F)C2)c(F)c1C(=O)c1c[nH]c2ncc(-c3ccc(N4CCC(C(OC)OC)CC4)cc3)cc12. The normalized spacial score (nSPS) is 17.9. The number of aromatic nitrogens is 2. The van der Waals surface area contributed by atoms with Gasteiger partial charge in [-0.15, -0.1) is 0 Å². The Kier molecular flexibility index (Phi) is 9.46. The number of ether oxygens (including phenoxy) is 3. The van der Waals surface area contributed by atoms with E-state index in [4.69, 9.17) is 14.2 Å². The van der Waals surface area contributed by atoms with Crippen molar-refractivity contribution in [2.45, 2.75) is 31.7 Å². The number of nitrogens with one attached hydrogen (secondary N) is 2. The average molecular weight is 670 g/mol. The molecule has 2 aliphatic rings. The molecule has 4 heterocycles. The molecule has 0 aliphatic carbocycles. The number of aromatic amines is 1. The molecule has 2 aromatic carbocycles. The number of pyridine rings is 1. The first-order valence-corrected chi connectivity index (χ1v) is 16.8. The van der Waals surface area contributed by atoms with Crippen LogP contribution < -0.4 is 14.4 Å². The molecular weight excluding hydrogens is 632 g/mol. The van der Waals surface area contributed by atoms with Crippen molar-refractivity contribution in [3.8, 4) is 16.9 Å². The van der Waals surface area contributed by atoms with Crippen LogP contribution in [-0.4, -0.2) is 88.4 Å². The summed E-state index contributed by atoms with van der Waals surface area (Å²) in [6.45, 7) is 1.41. The van der Waals surface area contributed by atoms with E-state index in [1.54, 1.807) is 26.5 Å². The molecule has 6 rings (SSSR count). The number of nitrogens with zero attached hydrogens (tertiary/aromatic N) is 3.